The van der Waals surface area contributed by atoms with Crippen LogP contribution in [0.15, 0.2) is 11.1 Å². The molecule has 3 rings (SSSR count). The standard InChI is InChI=1S/C10H10N4O/c15-10-8-9(11-5-12-10)14-7-4-2-1-3-6(7)13-8/h5H,1-4H2,(H,11,12,14,15). The molecule has 0 saturated heterocycles. The zero-order valence-electron chi connectivity index (χ0n) is 8.16. The van der Waals surface area contributed by atoms with Crippen LogP contribution >= 0.6 is 0 Å². The van der Waals surface area contributed by atoms with E-state index in [2.05, 4.69) is 19.9 Å². The molecule has 0 aliphatic heterocycles. The average molecular weight is 202 g/mol. The van der Waals surface area contributed by atoms with Gasteiger partial charge in [-0.2, -0.15) is 0 Å². The summed E-state index contributed by atoms with van der Waals surface area (Å²) in [4.78, 5) is 26.7. The largest absolute Gasteiger partial charge is 0.311 e. The first-order chi connectivity index (χ1) is 7.34. The highest BCUT2D eigenvalue weighted by Gasteiger charge is 2.14. The third-order valence-electron chi connectivity index (χ3n) is 2.71. The van der Waals surface area contributed by atoms with Crippen LogP contribution in [0.1, 0.15) is 24.2 Å². The molecule has 0 unspecified atom stereocenters. The van der Waals surface area contributed by atoms with Crippen LogP contribution < -0.4 is 5.56 Å². The topological polar surface area (TPSA) is 71.5 Å². The van der Waals surface area contributed by atoms with Crippen LogP contribution in [0.4, 0.5) is 0 Å². The van der Waals surface area contributed by atoms with Gasteiger partial charge in [0, 0.05) is 0 Å². The van der Waals surface area contributed by atoms with Crippen LogP contribution in [0.25, 0.3) is 11.2 Å². The molecule has 5 heteroatoms. The molecule has 0 bridgehead atoms. The molecule has 0 atom stereocenters. The number of fused-ring (bicyclic) bond motifs is 2. The Morgan fingerprint density at radius 3 is 2.67 bits per heavy atom. The Morgan fingerprint density at radius 1 is 1.13 bits per heavy atom. The molecule has 1 N–H and O–H groups in total. The van der Waals surface area contributed by atoms with Gasteiger partial charge < -0.3 is 4.98 Å². The minimum Gasteiger partial charge on any atom is -0.311 e. The molecule has 0 fully saturated rings. The van der Waals surface area contributed by atoms with Crippen molar-refractivity contribution in [3.63, 3.8) is 0 Å². The van der Waals surface area contributed by atoms with Gasteiger partial charge in [0.2, 0.25) is 0 Å². The van der Waals surface area contributed by atoms with Crippen LogP contribution in [0.3, 0.4) is 0 Å². The fourth-order valence-electron chi connectivity index (χ4n) is 1.94. The zero-order chi connectivity index (χ0) is 10.3. The van der Waals surface area contributed by atoms with Gasteiger partial charge in [0.25, 0.3) is 5.56 Å². The van der Waals surface area contributed by atoms with Crippen molar-refractivity contribution < 1.29 is 0 Å². The van der Waals surface area contributed by atoms with Crippen molar-refractivity contribution in [3.05, 3.63) is 28.1 Å². The molecule has 0 radical (unpaired) electrons. The van der Waals surface area contributed by atoms with E-state index in [0.717, 1.165) is 37.1 Å². The van der Waals surface area contributed by atoms with E-state index < -0.39 is 0 Å². The number of nitrogens with one attached hydrogen (secondary N) is 1. The average Bonchev–Trinajstić information content (AvgIpc) is 2.27. The van der Waals surface area contributed by atoms with Gasteiger partial charge in [0.1, 0.15) is 0 Å². The summed E-state index contributed by atoms with van der Waals surface area (Å²) in [6, 6.07) is 0. The molecule has 0 aromatic carbocycles. The molecule has 2 heterocycles. The summed E-state index contributed by atoms with van der Waals surface area (Å²) >= 11 is 0. The Bertz CT molecular complexity index is 575. The minimum atomic E-state index is -0.208. The third-order valence-corrected chi connectivity index (χ3v) is 2.71. The highest BCUT2D eigenvalue weighted by Crippen LogP contribution is 2.18. The second-order valence-electron chi connectivity index (χ2n) is 3.73. The van der Waals surface area contributed by atoms with E-state index >= 15 is 0 Å². The van der Waals surface area contributed by atoms with Crippen LogP contribution in [0.5, 0.6) is 0 Å². The first-order valence-corrected chi connectivity index (χ1v) is 5.08. The Balaban J connectivity index is 2.36. The van der Waals surface area contributed by atoms with E-state index in [9.17, 15) is 4.79 Å². The number of hydrogen-bond donors (Lipinski definition) is 1. The summed E-state index contributed by atoms with van der Waals surface area (Å²) in [6.45, 7) is 0. The van der Waals surface area contributed by atoms with Gasteiger partial charge in [-0.3, -0.25) is 4.79 Å². The minimum absolute atomic E-state index is 0.208. The monoisotopic (exact) mass is 202 g/mol. The van der Waals surface area contributed by atoms with E-state index in [1.165, 1.54) is 6.33 Å². The highest BCUT2D eigenvalue weighted by atomic mass is 16.1. The Kier molecular flexibility index (Phi) is 1.77. The molecule has 2 aromatic rings. The van der Waals surface area contributed by atoms with Gasteiger partial charge in [-0.1, -0.05) is 0 Å². The molecule has 1 aliphatic rings. The van der Waals surface area contributed by atoms with Crippen LogP contribution in [0, 0.1) is 0 Å². The summed E-state index contributed by atoms with van der Waals surface area (Å²) in [5.74, 6) is 0. The van der Waals surface area contributed by atoms with Crippen LogP contribution in [0.2, 0.25) is 0 Å². The SMILES string of the molecule is O=c1[nH]cnc2nc3c(nc12)CCCC3. The van der Waals surface area contributed by atoms with Gasteiger partial charge in [-0.05, 0) is 25.7 Å². The molecule has 15 heavy (non-hydrogen) atoms. The molecule has 0 saturated carbocycles. The van der Waals surface area contributed by atoms with Gasteiger partial charge in [0.15, 0.2) is 11.2 Å². The number of hydrogen-bond acceptors (Lipinski definition) is 4. The Hall–Kier alpha value is -1.78. The Morgan fingerprint density at radius 2 is 1.87 bits per heavy atom. The maximum atomic E-state index is 11.5. The maximum absolute atomic E-state index is 11.5. The quantitative estimate of drug-likeness (QED) is 0.678. The summed E-state index contributed by atoms with van der Waals surface area (Å²) in [5, 5.41) is 0. The second kappa shape index (κ2) is 3.12. The van der Waals surface area contributed by atoms with E-state index in [1.54, 1.807) is 0 Å². The van der Waals surface area contributed by atoms with E-state index in [1.807, 2.05) is 0 Å². The molecule has 5 nitrogen and oxygen atoms in total. The van der Waals surface area contributed by atoms with Crippen molar-refractivity contribution in [3.8, 4) is 0 Å². The van der Waals surface area contributed by atoms with E-state index in [-0.39, 0.29) is 5.56 Å². The summed E-state index contributed by atoms with van der Waals surface area (Å²) in [5.41, 5.74) is 2.58. The van der Waals surface area contributed by atoms with Crippen molar-refractivity contribution in [2.24, 2.45) is 0 Å². The fraction of sp³-hybridized carbons (Fsp3) is 0.400. The molecule has 0 spiro atoms. The van der Waals surface area contributed by atoms with Crippen molar-refractivity contribution in [1.82, 2.24) is 19.9 Å². The van der Waals surface area contributed by atoms with Gasteiger partial charge in [-0.25, -0.2) is 15.0 Å². The lowest BCUT2D eigenvalue weighted by atomic mass is 10.0. The molecular formula is C10H10N4O. The normalized spacial score (nSPS) is 15.2. The van der Waals surface area contributed by atoms with Crippen molar-refractivity contribution >= 4 is 11.2 Å². The van der Waals surface area contributed by atoms with Crippen LogP contribution in [-0.2, 0) is 12.8 Å². The van der Waals surface area contributed by atoms with E-state index in [4.69, 9.17) is 0 Å². The lowest BCUT2D eigenvalue weighted by Gasteiger charge is -2.13. The lowest BCUT2D eigenvalue weighted by Crippen LogP contribution is -2.15. The maximum Gasteiger partial charge on any atom is 0.278 e. The summed E-state index contributed by atoms with van der Waals surface area (Å²) in [6.07, 6.45) is 5.52. The summed E-state index contributed by atoms with van der Waals surface area (Å²) in [7, 11) is 0. The van der Waals surface area contributed by atoms with Crippen molar-refractivity contribution in [1.29, 1.82) is 0 Å². The van der Waals surface area contributed by atoms with Crippen molar-refractivity contribution in [2.75, 3.05) is 0 Å². The smallest absolute Gasteiger partial charge is 0.278 e. The summed E-state index contributed by atoms with van der Waals surface area (Å²) < 4.78 is 0. The third kappa shape index (κ3) is 1.31. The van der Waals surface area contributed by atoms with E-state index in [0.29, 0.717) is 11.2 Å². The first-order valence-electron chi connectivity index (χ1n) is 5.08. The van der Waals surface area contributed by atoms with Crippen LogP contribution in [-0.4, -0.2) is 19.9 Å². The molecule has 1 aliphatic carbocycles. The molecule has 76 valence electrons. The van der Waals surface area contributed by atoms with Gasteiger partial charge >= 0.3 is 0 Å². The first kappa shape index (κ1) is 8.52. The van der Waals surface area contributed by atoms with Crippen molar-refractivity contribution in [2.45, 2.75) is 25.7 Å². The van der Waals surface area contributed by atoms with Gasteiger partial charge in [0.05, 0.1) is 17.7 Å². The lowest BCUT2D eigenvalue weighted by molar-refractivity contribution is 0.653. The Labute approximate surface area is 85.6 Å². The number of H-pyrrole nitrogens is 1. The number of aryl methyl sites for hydroxylation is 2. The molecule has 2 aromatic heterocycles. The zero-order valence-corrected chi connectivity index (χ0v) is 8.16. The number of aromatic nitrogens is 4. The second-order valence-corrected chi connectivity index (χ2v) is 3.73. The molecular weight excluding hydrogens is 192 g/mol. The van der Waals surface area contributed by atoms with Gasteiger partial charge in [-0.15, -0.1) is 0 Å². The number of aromatic amines is 1. The number of rotatable bonds is 0. The number of nitrogens with zero attached hydrogens (tertiary/aromatic N) is 3. The fourth-order valence-corrected chi connectivity index (χ4v) is 1.94. The highest BCUT2D eigenvalue weighted by molar-refractivity contribution is 5.68. The predicted octanol–water partition coefficient (Wildman–Crippen LogP) is 0.592. The molecule has 0 amide bonds. The predicted molar refractivity (Wildman–Crippen MR) is 54.6 cm³/mol.